The molecule has 0 fully saturated rings. The first kappa shape index (κ1) is 12.7. The van der Waals surface area contributed by atoms with Crippen molar-refractivity contribution in [3.8, 4) is 5.75 Å². The number of aromatic nitrogens is 2. The smallest absolute Gasteiger partial charge is 0.123 e. The number of hydrogen-bond acceptors (Lipinski definition) is 4. The number of rotatable bonds is 4. The number of nitrogens with zero attached hydrogens (tertiary/aromatic N) is 3. The summed E-state index contributed by atoms with van der Waals surface area (Å²) >= 11 is 0. The summed E-state index contributed by atoms with van der Waals surface area (Å²) in [7, 11) is 0. The Bertz CT molecular complexity index is 606. The molecule has 0 radical (unpaired) electrons. The first-order valence-electron chi connectivity index (χ1n) is 6.82. The van der Waals surface area contributed by atoms with Crippen molar-refractivity contribution < 1.29 is 9.94 Å². The van der Waals surface area contributed by atoms with E-state index in [1.165, 1.54) is 0 Å². The molecule has 1 N–H and O–H groups in total. The average Bonchev–Trinajstić information content (AvgIpc) is 3.00. The van der Waals surface area contributed by atoms with Crippen LogP contribution in [0.2, 0.25) is 0 Å². The minimum atomic E-state index is 0.573. The molecule has 1 aliphatic carbocycles. The molecular formula is C15H17N3O2. The van der Waals surface area contributed by atoms with Crippen LogP contribution in [-0.4, -0.2) is 27.3 Å². The number of ether oxygens (including phenoxy) is 1. The summed E-state index contributed by atoms with van der Waals surface area (Å²) < 4.78 is 7.72. The van der Waals surface area contributed by atoms with Crippen LogP contribution in [0.3, 0.4) is 0 Å². The van der Waals surface area contributed by atoms with E-state index in [1.807, 2.05) is 35.1 Å². The van der Waals surface area contributed by atoms with Crippen LogP contribution in [0, 0.1) is 0 Å². The number of oxime groups is 1. The fourth-order valence-electron chi connectivity index (χ4n) is 2.58. The molecule has 0 aliphatic heterocycles. The number of benzene rings is 1. The molecule has 104 valence electrons. The van der Waals surface area contributed by atoms with Gasteiger partial charge in [-0.1, -0.05) is 17.3 Å². The zero-order chi connectivity index (χ0) is 13.8. The van der Waals surface area contributed by atoms with Gasteiger partial charge in [-0.15, -0.1) is 0 Å². The molecule has 1 aromatic heterocycles. The van der Waals surface area contributed by atoms with E-state index < -0.39 is 0 Å². The van der Waals surface area contributed by atoms with E-state index in [9.17, 15) is 0 Å². The van der Waals surface area contributed by atoms with Crippen molar-refractivity contribution in [2.75, 3.05) is 6.61 Å². The van der Waals surface area contributed by atoms with Crippen LogP contribution in [0.5, 0.6) is 5.75 Å². The Hall–Kier alpha value is -2.30. The molecule has 1 heterocycles. The average molecular weight is 271 g/mol. The van der Waals surface area contributed by atoms with Crippen molar-refractivity contribution in [2.45, 2.75) is 25.8 Å². The summed E-state index contributed by atoms with van der Waals surface area (Å²) in [5.41, 5.74) is 2.91. The van der Waals surface area contributed by atoms with Gasteiger partial charge in [0.2, 0.25) is 0 Å². The maximum absolute atomic E-state index is 9.07. The van der Waals surface area contributed by atoms with Gasteiger partial charge >= 0.3 is 0 Å². The zero-order valence-corrected chi connectivity index (χ0v) is 11.2. The zero-order valence-electron chi connectivity index (χ0n) is 11.2. The lowest BCUT2D eigenvalue weighted by Crippen LogP contribution is -2.15. The monoisotopic (exact) mass is 271 g/mol. The van der Waals surface area contributed by atoms with Gasteiger partial charge < -0.3 is 9.94 Å². The van der Waals surface area contributed by atoms with E-state index in [1.54, 1.807) is 6.20 Å². The van der Waals surface area contributed by atoms with E-state index in [-0.39, 0.29) is 0 Å². The van der Waals surface area contributed by atoms with Crippen LogP contribution in [0.1, 0.15) is 24.0 Å². The van der Waals surface area contributed by atoms with Crippen LogP contribution >= 0.6 is 0 Å². The van der Waals surface area contributed by atoms with Gasteiger partial charge in [0.25, 0.3) is 0 Å². The Morgan fingerprint density at radius 1 is 1.30 bits per heavy atom. The van der Waals surface area contributed by atoms with Crippen LogP contribution in [0.15, 0.2) is 41.8 Å². The lowest BCUT2D eigenvalue weighted by molar-refractivity contribution is 0.288. The van der Waals surface area contributed by atoms with Crippen LogP contribution in [0.4, 0.5) is 0 Å². The van der Waals surface area contributed by atoms with Crippen molar-refractivity contribution in [3.05, 3.63) is 47.8 Å². The van der Waals surface area contributed by atoms with Gasteiger partial charge in [-0.25, -0.2) is 0 Å². The highest BCUT2D eigenvalue weighted by Gasteiger charge is 2.19. The number of fused-ring (bicyclic) bond motifs is 1. The summed E-state index contributed by atoms with van der Waals surface area (Å²) in [4.78, 5) is 0. The Morgan fingerprint density at radius 2 is 2.25 bits per heavy atom. The van der Waals surface area contributed by atoms with Crippen molar-refractivity contribution in [3.63, 3.8) is 0 Å². The second-order valence-corrected chi connectivity index (χ2v) is 4.80. The lowest BCUT2D eigenvalue weighted by atomic mass is 9.89. The Morgan fingerprint density at radius 3 is 3.05 bits per heavy atom. The third-order valence-electron chi connectivity index (χ3n) is 3.54. The highest BCUT2D eigenvalue weighted by Crippen LogP contribution is 2.29. The maximum atomic E-state index is 9.07. The third kappa shape index (κ3) is 2.52. The van der Waals surface area contributed by atoms with Crippen LogP contribution in [-0.2, 0) is 13.0 Å². The molecule has 1 aromatic carbocycles. The molecule has 20 heavy (non-hydrogen) atoms. The summed E-state index contributed by atoms with van der Waals surface area (Å²) in [5, 5.41) is 16.6. The molecule has 2 aromatic rings. The van der Waals surface area contributed by atoms with Gasteiger partial charge in [0.15, 0.2) is 0 Å². The lowest BCUT2D eigenvalue weighted by Gasteiger charge is -2.20. The SMILES string of the molecule is ON=C1CCCc2c(OCCn3cccn3)cccc21. The van der Waals surface area contributed by atoms with Gasteiger partial charge in [0.05, 0.1) is 12.3 Å². The quantitative estimate of drug-likeness (QED) is 0.686. The summed E-state index contributed by atoms with van der Waals surface area (Å²) in [6.07, 6.45) is 6.45. The minimum absolute atomic E-state index is 0.573. The normalized spacial score (nSPS) is 16.1. The van der Waals surface area contributed by atoms with Gasteiger partial charge in [0.1, 0.15) is 12.4 Å². The van der Waals surface area contributed by atoms with Crippen LogP contribution < -0.4 is 4.74 Å². The second-order valence-electron chi connectivity index (χ2n) is 4.80. The van der Waals surface area contributed by atoms with Crippen molar-refractivity contribution in [1.29, 1.82) is 0 Å². The highest BCUT2D eigenvalue weighted by atomic mass is 16.5. The third-order valence-corrected chi connectivity index (χ3v) is 3.54. The van der Waals surface area contributed by atoms with Crippen molar-refractivity contribution in [1.82, 2.24) is 9.78 Å². The predicted octanol–water partition coefficient (Wildman–Crippen LogP) is 2.48. The summed E-state index contributed by atoms with van der Waals surface area (Å²) in [5.74, 6) is 0.885. The summed E-state index contributed by atoms with van der Waals surface area (Å²) in [6.45, 7) is 1.29. The molecular weight excluding hydrogens is 254 g/mol. The molecule has 0 saturated carbocycles. The highest BCUT2D eigenvalue weighted by molar-refractivity contribution is 6.02. The fraction of sp³-hybridized carbons (Fsp3) is 0.333. The topological polar surface area (TPSA) is 59.6 Å². The van der Waals surface area contributed by atoms with Crippen molar-refractivity contribution in [2.24, 2.45) is 5.16 Å². The molecule has 3 rings (SSSR count). The number of hydrogen-bond donors (Lipinski definition) is 1. The first-order valence-corrected chi connectivity index (χ1v) is 6.82. The van der Waals surface area contributed by atoms with E-state index in [2.05, 4.69) is 10.3 Å². The molecule has 0 saturated heterocycles. The Labute approximate surface area is 117 Å². The fourth-order valence-corrected chi connectivity index (χ4v) is 2.58. The van der Waals surface area contributed by atoms with E-state index in [0.717, 1.165) is 48.4 Å². The van der Waals surface area contributed by atoms with E-state index in [4.69, 9.17) is 9.94 Å². The molecule has 0 spiro atoms. The van der Waals surface area contributed by atoms with Gasteiger partial charge in [-0.2, -0.15) is 5.10 Å². The van der Waals surface area contributed by atoms with Gasteiger partial charge in [-0.3, -0.25) is 4.68 Å². The molecule has 5 nitrogen and oxygen atoms in total. The van der Waals surface area contributed by atoms with Gasteiger partial charge in [0, 0.05) is 23.5 Å². The van der Waals surface area contributed by atoms with E-state index >= 15 is 0 Å². The molecule has 1 aliphatic rings. The van der Waals surface area contributed by atoms with E-state index in [0.29, 0.717) is 6.61 Å². The largest absolute Gasteiger partial charge is 0.491 e. The second kappa shape index (κ2) is 5.77. The Kier molecular flexibility index (Phi) is 3.67. The molecule has 0 atom stereocenters. The predicted molar refractivity (Wildman–Crippen MR) is 75.4 cm³/mol. The maximum Gasteiger partial charge on any atom is 0.123 e. The standard InChI is InChI=1S/C15H17N3O2/c19-17-14-6-1-5-13-12(14)4-2-7-15(13)20-11-10-18-9-3-8-16-18/h2-4,7-9,19H,1,5-6,10-11H2. The minimum Gasteiger partial charge on any atom is -0.491 e. The molecule has 0 amide bonds. The molecule has 0 unspecified atom stereocenters. The van der Waals surface area contributed by atoms with Gasteiger partial charge in [-0.05, 0) is 31.4 Å². The molecule has 0 bridgehead atoms. The van der Waals surface area contributed by atoms with Crippen molar-refractivity contribution >= 4 is 5.71 Å². The summed E-state index contributed by atoms with van der Waals surface area (Å²) in [6, 6.07) is 7.80. The first-order chi connectivity index (χ1) is 9.88. The molecule has 5 heteroatoms. The van der Waals surface area contributed by atoms with Crippen LogP contribution in [0.25, 0.3) is 0 Å². The Balaban J connectivity index is 1.74.